The Kier molecular flexibility index (Phi) is 3.14. The molecule has 1 heterocycles. The number of fused-ring (bicyclic) bond motifs is 1. The minimum absolute atomic E-state index is 0.210. The molecular formula is C13H15NO4S. The van der Waals surface area contributed by atoms with Gasteiger partial charge >= 0.3 is 0 Å². The van der Waals surface area contributed by atoms with Gasteiger partial charge < -0.3 is 9.67 Å². The molecule has 0 radical (unpaired) electrons. The molecule has 0 aliphatic heterocycles. The van der Waals surface area contributed by atoms with E-state index in [-0.39, 0.29) is 6.04 Å². The van der Waals surface area contributed by atoms with Crippen molar-refractivity contribution in [3.05, 3.63) is 34.6 Å². The predicted molar refractivity (Wildman–Crippen MR) is 73.4 cm³/mol. The van der Waals surface area contributed by atoms with Crippen LogP contribution in [0.1, 0.15) is 19.9 Å². The molecule has 2 aromatic rings. The first kappa shape index (κ1) is 13.6. The number of hydrogen-bond acceptors (Lipinski definition) is 4. The fraction of sp³-hybridized carbons (Fsp3) is 0.308. The van der Waals surface area contributed by atoms with Gasteiger partial charge in [-0.15, -0.1) is 0 Å². The molecule has 1 aromatic heterocycles. The van der Waals surface area contributed by atoms with Crippen molar-refractivity contribution in [2.45, 2.75) is 24.8 Å². The Bertz CT molecular complexity index is 803. The van der Waals surface area contributed by atoms with E-state index in [0.717, 1.165) is 6.26 Å². The average molecular weight is 281 g/mol. The summed E-state index contributed by atoms with van der Waals surface area (Å²) < 4.78 is 24.8. The zero-order valence-corrected chi connectivity index (χ0v) is 11.7. The summed E-state index contributed by atoms with van der Waals surface area (Å²) in [6.45, 7) is 3.58. The molecule has 0 unspecified atom stereocenters. The summed E-state index contributed by atoms with van der Waals surface area (Å²) in [4.78, 5) is 11.8. The molecular weight excluding hydrogens is 266 g/mol. The average Bonchev–Trinajstić information content (AvgIpc) is 2.26. The molecule has 1 aromatic carbocycles. The third-order valence-electron chi connectivity index (χ3n) is 2.93. The summed E-state index contributed by atoms with van der Waals surface area (Å²) in [6.07, 6.45) is 0.920. The van der Waals surface area contributed by atoms with Gasteiger partial charge in [-0.25, -0.2) is 8.42 Å². The highest BCUT2D eigenvalue weighted by molar-refractivity contribution is 7.90. The van der Waals surface area contributed by atoms with Gasteiger partial charge in [-0.3, -0.25) is 4.79 Å². The van der Waals surface area contributed by atoms with Gasteiger partial charge in [0, 0.05) is 17.7 Å². The first-order valence-corrected chi connectivity index (χ1v) is 7.70. The van der Waals surface area contributed by atoms with Gasteiger partial charge in [0.15, 0.2) is 14.7 Å². The molecule has 0 atom stereocenters. The number of nitrogens with zero attached hydrogens (tertiary/aromatic N) is 1. The summed E-state index contributed by atoms with van der Waals surface area (Å²) >= 11 is 0. The fourth-order valence-electron chi connectivity index (χ4n) is 2.17. The predicted octanol–water partition coefficient (Wildman–Crippen LogP) is 1.69. The first-order chi connectivity index (χ1) is 8.75. The van der Waals surface area contributed by atoms with Crippen LogP contribution in [0.2, 0.25) is 0 Å². The van der Waals surface area contributed by atoms with Crippen molar-refractivity contribution in [2.24, 2.45) is 0 Å². The molecule has 0 spiro atoms. The van der Waals surface area contributed by atoms with Crippen molar-refractivity contribution in [1.82, 2.24) is 4.57 Å². The number of sulfone groups is 1. The van der Waals surface area contributed by atoms with Crippen molar-refractivity contribution in [3.63, 3.8) is 0 Å². The van der Waals surface area contributed by atoms with E-state index in [0.29, 0.717) is 10.9 Å². The third-order valence-corrected chi connectivity index (χ3v) is 4.04. The smallest absolute Gasteiger partial charge is 0.273 e. The van der Waals surface area contributed by atoms with Crippen molar-refractivity contribution < 1.29 is 13.5 Å². The van der Waals surface area contributed by atoms with Crippen LogP contribution < -0.4 is 5.56 Å². The molecule has 6 heteroatoms. The molecule has 0 saturated carbocycles. The van der Waals surface area contributed by atoms with Crippen LogP contribution in [0, 0.1) is 0 Å². The topological polar surface area (TPSA) is 76.4 Å². The quantitative estimate of drug-likeness (QED) is 0.908. The highest BCUT2D eigenvalue weighted by Crippen LogP contribution is 2.30. The number of hydrogen-bond donors (Lipinski definition) is 1. The van der Waals surface area contributed by atoms with Crippen LogP contribution in [0.3, 0.4) is 0 Å². The van der Waals surface area contributed by atoms with Crippen LogP contribution in [-0.4, -0.2) is 24.3 Å². The summed E-state index contributed by atoms with van der Waals surface area (Å²) in [6, 6.07) is 6.49. The second-order valence-electron chi connectivity index (χ2n) is 4.74. The molecule has 102 valence electrons. The van der Waals surface area contributed by atoms with E-state index in [9.17, 15) is 18.3 Å². The van der Waals surface area contributed by atoms with Crippen molar-refractivity contribution in [2.75, 3.05) is 6.26 Å². The van der Waals surface area contributed by atoms with Crippen LogP contribution in [-0.2, 0) is 9.84 Å². The second-order valence-corrected chi connectivity index (χ2v) is 6.69. The zero-order valence-electron chi connectivity index (χ0n) is 10.9. The molecule has 2 rings (SSSR count). The van der Waals surface area contributed by atoms with E-state index in [1.807, 2.05) is 0 Å². The lowest BCUT2D eigenvalue weighted by atomic mass is 10.2. The fourth-order valence-corrected chi connectivity index (χ4v) is 3.05. The standard InChI is InChI=1S/C13H15NO4S/c1-8(2)14-10-7-5-4-6-9(10)11(15)12(13(14)16)19(3,17)18/h4-8,15H,1-3H3. The van der Waals surface area contributed by atoms with Crippen molar-refractivity contribution in [1.29, 1.82) is 0 Å². The number of aromatic nitrogens is 1. The SMILES string of the molecule is CC(C)n1c(=O)c(S(C)(=O)=O)c(O)c2ccccc21. The van der Waals surface area contributed by atoms with Crippen molar-refractivity contribution >= 4 is 20.7 Å². The van der Waals surface area contributed by atoms with Crippen LogP contribution in [0.25, 0.3) is 10.9 Å². The van der Waals surface area contributed by atoms with Crippen LogP contribution in [0.4, 0.5) is 0 Å². The Morgan fingerprint density at radius 3 is 2.32 bits per heavy atom. The highest BCUT2D eigenvalue weighted by atomic mass is 32.2. The Hall–Kier alpha value is -1.82. The van der Waals surface area contributed by atoms with Gasteiger partial charge in [0.25, 0.3) is 5.56 Å². The van der Waals surface area contributed by atoms with Crippen LogP contribution in [0.15, 0.2) is 34.0 Å². The number of benzene rings is 1. The van der Waals surface area contributed by atoms with E-state index in [1.54, 1.807) is 38.1 Å². The summed E-state index contributed by atoms with van der Waals surface area (Å²) in [5.74, 6) is -0.472. The van der Waals surface area contributed by atoms with Crippen molar-refractivity contribution in [3.8, 4) is 5.75 Å². The van der Waals surface area contributed by atoms with Gasteiger partial charge in [-0.1, -0.05) is 12.1 Å². The third kappa shape index (κ3) is 2.12. The number of rotatable bonds is 2. The Labute approximate surface area is 111 Å². The van der Waals surface area contributed by atoms with E-state index in [2.05, 4.69) is 0 Å². The number of para-hydroxylation sites is 1. The van der Waals surface area contributed by atoms with Crippen LogP contribution in [0.5, 0.6) is 5.75 Å². The second kappa shape index (κ2) is 4.38. The molecule has 0 bridgehead atoms. The van der Waals surface area contributed by atoms with E-state index in [4.69, 9.17) is 0 Å². The lowest BCUT2D eigenvalue weighted by Gasteiger charge is -2.16. The van der Waals surface area contributed by atoms with Gasteiger partial charge in [-0.05, 0) is 26.0 Å². The molecule has 1 N–H and O–H groups in total. The molecule has 0 amide bonds. The van der Waals surface area contributed by atoms with Gasteiger partial charge in [-0.2, -0.15) is 0 Å². The number of aromatic hydroxyl groups is 1. The molecule has 0 aliphatic carbocycles. The molecule has 19 heavy (non-hydrogen) atoms. The molecule has 5 nitrogen and oxygen atoms in total. The monoisotopic (exact) mass is 281 g/mol. The maximum absolute atomic E-state index is 12.3. The van der Waals surface area contributed by atoms with Gasteiger partial charge in [0.1, 0.15) is 5.75 Å². The normalized spacial score (nSPS) is 12.2. The number of pyridine rings is 1. The van der Waals surface area contributed by atoms with Crippen LogP contribution >= 0.6 is 0 Å². The zero-order chi connectivity index (χ0) is 14.4. The minimum atomic E-state index is -3.79. The van der Waals surface area contributed by atoms with E-state index in [1.165, 1.54) is 4.57 Å². The van der Waals surface area contributed by atoms with E-state index < -0.39 is 26.0 Å². The lowest BCUT2D eigenvalue weighted by Crippen LogP contribution is -2.27. The minimum Gasteiger partial charge on any atom is -0.506 e. The summed E-state index contributed by atoms with van der Waals surface area (Å²) in [5.41, 5.74) is -0.166. The highest BCUT2D eigenvalue weighted by Gasteiger charge is 2.24. The Morgan fingerprint density at radius 1 is 1.21 bits per heavy atom. The Balaban J connectivity index is 3.14. The molecule has 0 aliphatic rings. The van der Waals surface area contributed by atoms with Gasteiger partial charge in [0.2, 0.25) is 0 Å². The maximum Gasteiger partial charge on any atom is 0.273 e. The Morgan fingerprint density at radius 2 is 1.79 bits per heavy atom. The molecule has 0 fully saturated rings. The molecule has 0 saturated heterocycles. The summed E-state index contributed by atoms with van der Waals surface area (Å²) in [7, 11) is -3.79. The van der Waals surface area contributed by atoms with E-state index >= 15 is 0 Å². The van der Waals surface area contributed by atoms with Gasteiger partial charge in [0.05, 0.1) is 5.52 Å². The summed E-state index contributed by atoms with van der Waals surface area (Å²) in [5, 5.41) is 10.4. The maximum atomic E-state index is 12.3. The lowest BCUT2D eigenvalue weighted by molar-refractivity contribution is 0.457. The first-order valence-electron chi connectivity index (χ1n) is 5.81. The largest absolute Gasteiger partial charge is 0.506 e.